The summed E-state index contributed by atoms with van der Waals surface area (Å²) < 4.78 is 4.41. The summed E-state index contributed by atoms with van der Waals surface area (Å²) >= 11 is 5.75. The van der Waals surface area contributed by atoms with E-state index in [4.69, 9.17) is 22.1 Å². The minimum absolute atomic E-state index is 0.0138. The van der Waals surface area contributed by atoms with E-state index < -0.39 is 10.6 Å². The number of ether oxygens (including phenoxy) is 1. The average Bonchev–Trinajstić information content (AvgIpc) is 2.95. The van der Waals surface area contributed by atoms with Crippen molar-refractivity contribution in [3.63, 3.8) is 0 Å². The average molecular weight is 347 g/mol. The Hall–Kier alpha value is -2.44. The molecule has 2 aromatic rings. The van der Waals surface area contributed by atoms with Crippen LogP contribution in [0.5, 0.6) is 5.75 Å². The number of primary amides is 1. The molecule has 6 nitrogen and oxygen atoms in total. The third-order valence-electron chi connectivity index (χ3n) is 4.41. The van der Waals surface area contributed by atoms with E-state index in [1.807, 2.05) is 24.3 Å². The summed E-state index contributed by atoms with van der Waals surface area (Å²) in [6, 6.07) is 10.5. The number of urea groups is 1. The first-order chi connectivity index (χ1) is 11.6. The Bertz CT molecular complexity index is 825. The molecule has 1 aliphatic rings. The first-order valence-electron chi connectivity index (χ1n) is 7.45. The lowest BCUT2D eigenvalue weighted by molar-refractivity contribution is 0.212. The van der Waals surface area contributed by atoms with Crippen molar-refractivity contribution in [3.8, 4) is 16.9 Å². The summed E-state index contributed by atoms with van der Waals surface area (Å²) in [7, 11) is 1.63. The van der Waals surface area contributed by atoms with Gasteiger partial charge in [-0.2, -0.15) is 0 Å². The van der Waals surface area contributed by atoms with Gasteiger partial charge in [0.2, 0.25) is 0 Å². The summed E-state index contributed by atoms with van der Waals surface area (Å²) in [5.41, 5.74) is 10.2. The third-order valence-corrected chi connectivity index (χ3v) is 4.58. The normalized spacial score (nSPS) is 14.4. The number of methoxy groups -OCH3 is 1. The minimum Gasteiger partial charge on any atom is -0.497 e. The highest BCUT2D eigenvalue weighted by atomic mass is 35.5. The molecule has 0 aromatic heterocycles. The zero-order chi connectivity index (χ0) is 17.3. The van der Waals surface area contributed by atoms with Crippen LogP contribution in [0.2, 0.25) is 0 Å². The fraction of sp³-hybridized carbons (Fsp3) is 0.235. The summed E-state index contributed by atoms with van der Waals surface area (Å²) in [6.45, 7) is 0.0138. The molecule has 0 saturated heterocycles. The molecule has 1 atom stereocenters. The minimum atomic E-state index is -0.851. The molecule has 7 heteroatoms. The first kappa shape index (κ1) is 16.4. The molecule has 0 bridgehead atoms. The zero-order valence-electron chi connectivity index (χ0n) is 13.2. The van der Waals surface area contributed by atoms with Gasteiger partial charge in [-0.1, -0.05) is 11.0 Å². The molecule has 0 spiro atoms. The molecule has 0 fully saturated rings. The second kappa shape index (κ2) is 6.22. The van der Waals surface area contributed by atoms with Crippen LogP contribution < -0.4 is 15.1 Å². The quantitative estimate of drug-likeness (QED) is 0.332. The summed E-state index contributed by atoms with van der Waals surface area (Å²) in [5.74, 6) is 0.879. The van der Waals surface area contributed by atoms with Crippen LogP contribution in [0.3, 0.4) is 0 Å². The van der Waals surface area contributed by atoms with E-state index in [0.717, 1.165) is 28.0 Å². The molecular formula is C17H17ClN3O3+. The molecule has 1 aliphatic carbocycles. The van der Waals surface area contributed by atoms with Gasteiger partial charge in [-0.05, 0) is 51.5 Å². The number of quaternary nitrogens is 1. The van der Waals surface area contributed by atoms with E-state index >= 15 is 0 Å². The molecule has 24 heavy (non-hydrogen) atoms. The Balaban J connectivity index is 2.07. The molecule has 2 aromatic carbocycles. The molecular weight excluding hydrogens is 330 g/mol. The van der Waals surface area contributed by atoms with Crippen LogP contribution in [-0.4, -0.2) is 25.6 Å². The maximum atomic E-state index is 11.9. The van der Waals surface area contributed by atoms with Gasteiger partial charge in [-0.25, -0.2) is 4.79 Å². The third kappa shape index (κ3) is 2.44. The van der Waals surface area contributed by atoms with Crippen LogP contribution in [0.4, 0.5) is 10.5 Å². The molecule has 1 unspecified atom stereocenters. The van der Waals surface area contributed by atoms with Crippen LogP contribution in [0, 0.1) is 4.91 Å². The summed E-state index contributed by atoms with van der Waals surface area (Å²) in [5, 5.41) is 2.99. The molecule has 2 N–H and O–H groups in total. The molecule has 0 aliphatic heterocycles. The molecule has 0 saturated carbocycles. The van der Waals surface area contributed by atoms with E-state index in [1.54, 1.807) is 19.2 Å². The predicted molar refractivity (Wildman–Crippen MR) is 94.0 cm³/mol. The number of hydrogen-bond acceptors (Lipinski definition) is 4. The number of nitrogens with zero attached hydrogens (tertiary/aromatic N) is 2. The molecule has 0 heterocycles. The second-order valence-corrected chi connectivity index (χ2v) is 6.02. The van der Waals surface area contributed by atoms with E-state index in [9.17, 15) is 9.70 Å². The molecule has 0 radical (unpaired) electrons. The number of rotatable bonds is 5. The predicted octanol–water partition coefficient (Wildman–Crippen LogP) is 3.57. The molecule has 2 amide bonds. The number of hydrogen-bond donors (Lipinski definition) is 1. The SMILES string of the molecule is COc1ccc2c(c1)Cc1cc([N+](CCCl)(N=O)C(N)=O)ccc1-2. The monoisotopic (exact) mass is 346 g/mol. The number of carbonyl (C=O) groups excluding carboxylic acids is 1. The number of amides is 2. The van der Waals surface area contributed by atoms with Crippen molar-refractivity contribution in [3.05, 3.63) is 52.4 Å². The van der Waals surface area contributed by atoms with Gasteiger partial charge < -0.3 is 10.5 Å². The van der Waals surface area contributed by atoms with Gasteiger partial charge in [0.25, 0.3) is 0 Å². The fourth-order valence-corrected chi connectivity index (χ4v) is 3.39. The van der Waals surface area contributed by atoms with E-state index in [2.05, 4.69) is 5.29 Å². The lowest BCUT2D eigenvalue weighted by Gasteiger charge is -2.22. The Morgan fingerprint density at radius 3 is 2.50 bits per heavy atom. The zero-order valence-corrected chi connectivity index (χ0v) is 13.9. The Morgan fingerprint density at radius 2 is 1.92 bits per heavy atom. The Labute approximate surface area is 144 Å². The Morgan fingerprint density at radius 1 is 1.25 bits per heavy atom. The second-order valence-electron chi connectivity index (χ2n) is 5.64. The number of nitroso groups, excluding NO2 is 1. The molecule has 124 valence electrons. The van der Waals surface area contributed by atoms with Gasteiger partial charge in [0.05, 0.1) is 13.0 Å². The van der Waals surface area contributed by atoms with Crippen LogP contribution in [0.25, 0.3) is 11.1 Å². The van der Waals surface area contributed by atoms with Gasteiger partial charge in [0, 0.05) is 12.1 Å². The maximum absolute atomic E-state index is 11.9. The highest BCUT2D eigenvalue weighted by Gasteiger charge is 2.41. The lowest BCUT2D eigenvalue weighted by atomic mass is 10.0. The fourth-order valence-electron chi connectivity index (χ4n) is 3.15. The van der Waals surface area contributed by atoms with Crippen LogP contribution >= 0.6 is 11.6 Å². The summed E-state index contributed by atoms with van der Waals surface area (Å²) in [6.07, 6.45) is 0.689. The lowest BCUT2D eigenvalue weighted by Crippen LogP contribution is -2.53. The number of benzene rings is 2. The van der Waals surface area contributed by atoms with Crippen molar-refractivity contribution in [2.45, 2.75) is 6.42 Å². The van der Waals surface area contributed by atoms with Crippen molar-refractivity contribution in [2.24, 2.45) is 11.0 Å². The topological polar surface area (TPSA) is 81.8 Å². The van der Waals surface area contributed by atoms with Crippen molar-refractivity contribution < 1.29 is 9.53 Å². The van der Waals surface area contributed by atoms with Gasteiger partial charge in [0.1, 0.15) is 12.3 Å². The highest BCUT2D eigenvalue weighted by molar-refractivity contribution is 6.18. The highest BCUT2D eigenvalue weighted by Crippen LogP contribution is 2.41. The van der Waals surface area contributed by atoms with Gasteiger partial charge in [0.15, 0.2) is 11.0 Å². The number of carbonyl (C=O) groups is 1. The Kier molecular flexibility index (Phi) is 4.26. The van der Waals surface area contributed by atoms with Crippen LogP contribution in [0.15, 0.2) is 41.7 Å². The largest absolute Gasteiger partial charge is 0.497 e. The van der Waals surface area contributed by atoms with Crippen molar-refractivity contribution in [1.29, 1.82) is 0 Å². The molecule has 3 rings (SSSR count). The van der Waals surface area contributed by atoms with Crippen LogP contribution in [0.1, 0.15) is 11.1 Å². The van der Waals surface area contributed by atoms with E-state index in [0.29, 0.717) is 12.1 Å². The van der Waals surface area contributed by atoms with Crippen molar-refractivity contribution >= 4 is 23.3 Å². The van der Waals surface area contributed by atoms with E-state index in [1.165, 1.54) is 0 Å². The van der Waals surface area contributed by atoms with Gasteiger partial charge in [-0.3, -0.25) is 0 Å². The first-order valence-corrected chi connectivity index (χ1v) is 7.99. The smallest absolute Gasteiger partial charge is 0.448 e. The number of halogens is 1. The number of alkyl halides is 1. The van der Waals surface area contributed by atoms with Crippen LogP contribution in [-0.2, 0) is 6.42 Å². The van der Waals surface area contributed by atoms with E-state index in [-0.39, 0.29) is 12.4 Å². The van der Waals surface area contributed by atoms with Gasteiger partial charge in [-0.15, -0.1) is 11.6 Å². The van der Waals surface area contributed by atoms with Gasteiger partial charge >= 0.3 is 6.03 Å². The standard InChI is InChI=1S/C17H16ClN3O3/c1-24-14-3-5-16-12(10-14)8-11-9-13(2-4-15(11)16)21(20-23,7-6-18)17(19)22/h2-5,9-10H,6-8H2,1H3,(H-,19,22)/p+1. The van der Waals surface area contributed by atoms with Crippen molar-refractivity contribution in [2.75, 3.05) is 19.5 Å². The summed E-state index contributed by atoms with van der Waals surface area (Å²) in [4.78, 5) is 23.3. The maximum Gasteiger partial charge on any atom is 0.448 e. The number of nitrogens with two attached hydrogens (primary N) is 1. The van der Waals surface area contributed by atoms with Crippen molar-refractivity contribution in [1.82, 2.24) is 4.59 Å². The number of fused-ring (bicyclic) bond motifs is 3.